The highest BCUT2D eigenvalue weighted by Crippen LogP contribution is 2.29. The smallest absolute Gasteiger partial charge is 0.244 e. The van der Waals surface area contributed by atoms with Crippen LogP contribution in [0.15, 0.2) is 29.6 Å². The first-order chi connectivity index (χ1) is 11.5. The molecule has 130 valence electrons. The summed E-state index contributed by atoms with van der Waals surface area (Å²) in [6, 6.07) is 3.13. The molecule has 24 heavy (non-hydrogen) atoms. The van der Waals surface area contributed by atoms with Gasteiger partial charge in [-0.2, -0.15) is 4.31 Å². The molecule has 0 amide bonds. The lowest BCUT2D eigenvalue weighted by Gasteiger charge is -2.30. The number of aromatic nitrogens is 4. The van der Waals surface area contributed by atoms with Gasteiger partial charge in [-0.25, -0.2) is 13.4 Å². The van der Waals surface area contributed by atoms with Crippen LogP contribution in [0.3, 0.4) is 0 Å². The summed E-state index contributed by atoms with van der Waals surface area (Å²) in [6.45, 7) is 3.28. The molecule has 0 radical (unpaired) electrons. The number of nitrogens with zero attached hydrogens (tertiary/aromatic N) is 5. The van der Waals surface area contributed by atoms with Crippen molar-refractivity contribution in [2.24, 2.45) is 7.05 Å². The van der Waals surface area contributed by atoms with E-state index < -0.39 is 10.0 Å². The number of sulfonamides is 1. The van der Waals surface area contributed by atoms with E-state index in [1.165, 1.54) is 10.5 Å². The number of ether oxygens (including phenoxy) is 1. The molecule has 0 atom stereocenters. The van der Waals surface area contributed by atoms with Crippen molar-refractivity contribution in [1.82, 2.24) is 24.1 Å². The first kappa shape index (κ1) is 16.8. The summed E-state index contributed by atoms with van der Waals surface area (Å²) in [5.74, 6) is 1.58. The average Bonchev–Trinajstić information content (AvgIpc) is 3.02. The summed E-state index contributed by atoms with van der Waals surface area (Å²) in [7, 11) is -1.62. The summed E-state index contributed by atoms with van der Waals surface area (Å²) in [4.78, 5) is 4.24. The topological polar surface area (TPSA) is 90.2 Å². The van der Waals surface area contributed by atoms with Crippen molar-refractivity contribution in [2.75, 3.05) is 19.7 Å². The van der Waals surface area contributed by atoms with Gasteiger partial charge in [-0.3, -0.25) is 0 Å². The van der Waals surface area contributed by atoms with Crippen LogP contribution < -0.4 is 4.74 Å². The van der Waals surface area contributed by atoms with Crippen LogP contribution in [0.4, 0.5) is 0 Å². The summed E-state index contributed by atoms with van der Waals surface area (Å²) < 4.78 is 34.1. The zero-order valence-electron chi connectivity index (χ0n) is 13.8. The molecule has 3 rings (SSSR count). The molecule has 0 bridgehead atoms. The third-order valence-corrected chi connectivity index (χ3v) is 6.09. The van der Waals surface area contributed by atoms with Gasteiger partial charge in [0.1, 0.15) is 17.0 Å². The summed E-state index contributed by atoms with van der Waals surface area (Å²) in [5.41, 5.74) is 0. The van der Waals surface area contributed by atoms with Gasteiger partial charge in [0.05, 0.1) is 12.8 Å². The maximum absolute atomic E-state index is 12.7. The molecular formula is C15H21N5O3S. The Hall–Kier alpha value is -2.00. The lowest BCUT2D eigenvalue weighted by molar-refractivity contribution is 0.310. The van der Waals surface area contributed by atoms with Gasteiger partial charge >= 0.3 is 0 Å². The fourth-order valence-corrected chi connectivity index (χ4v) is 4.33. The molecule has 0 aromatic carbocycles. The number of hydrogen-bond donors (Lipinski definition) is 0. The van der Waals surface area contributed by atoms with Crippen molar-refractivity contribution in [2.45, 2.75) is 30.6 Å². The Morgan fingerprint density at radius 2 is 2.04 bits per heavy atom. The molecule has 0 saturated carbocycles. The Bertz CT molecular complexity index is 780. The van der Waals surface area contributed by atoms with Crippen molar-refractivity contribution in [3.8, 4) is 5.88 Å². The van der Waals surface area contributed by atoms with E-state index in [1.54, 1.807) is 18.5 Å². The Morgan fingerprint density at radius 3 is 2.58 bits per heavy atom. The van der Waals surface area contributed by atoms with Crippen LogP contribution in [-0.2, 0) is 17.1 Å². The van der Waals surface area contributed by atoms with Gasteiger partial charge in [-0.05, 0) is 25.8 Å². The predicted molar refractivity (Wildman–Crippen MR) is 87.1 cm³/mol. The molecule has 9 heteroatoms. The highest BCUT2D eigenvalue weighted by molar-refractivity contribution is 7.89. The molecule has 1 fully saturated rings. The minimum Gasteiger partial charge on any atom is -0.478 e. The Balaban J connectivity index is 1.69. The third-order valence-electron chi connectivity index (χ3n) is 4.20. The van der Waals surface area contributed by atoms with Crippen LogP contribution in [0.25, 0.3) is 0 Å². The third kappa shape index (κ3) is 3.27. The van der Waals surface area contributed by atoms with Crippen molar-refractivity contribution < 1.29 is 13.2 Å². The zero-order chi connectivity index (χ0) is 17.2. The second kappa shape index (κ2) is 6.86. The van der Waals surface area contributed by atoms with E-state index in [9.17, 15) is 8.42 Å². The standard InChI is InChI=1S/C15H21N5O3S/c1-3-23-14-5-4-13(10-16-14)24(21,22)20-8-6-12(7-9-20)15-18-17-11-19(15)2/h4-5,10-12H,3,6-9H2,1-2H3. The van der Waals surface area contributed by atoms with E-state index in [0.29, 0.717) is 25.6 Å². The van der Waals surface area contributed by atoms with E-state index >= 15 is 0 Å². The Kier molecular flexibility index (Phi) is 4.81. The van der Waals surface area contributed by atoms with Gasteiger partial charge in [0, 0.05) is 32.1 Å². The molecule has 0 aliphatic carbocycles. The lowest BCUT2D eigenvalue weighted by atomic mass is 9.97. The molecule has 1 aliphatic rings. The molecular weight excluding hydrogens is 330 g/mol. The number of pyridine rings is 1. The van der Waals surface area contributed by atoms with Crippen LogP contribution in [0.1, 0.15) is 31.5 Å². The van der Waals surface area contributed by atoms with Gasteiger partial charge in [0.25, 0.3) is 0 Å². The van der Waals surface area contributed by atoms with Crippen LogP contribution in [-0.4, -0.2) is 52.2 Å². The predicted octanol–water partition coefficient (Wildman–Crippen LogP) is 1.18. The van der Waals surface area contributed by atoms with Gasteiger partial charge in [0.15, 0.2) is 0 Å². The number of hydrogen-bond acceptors (Lipinski definition) is 6. The molecule has 2 aromatic rings. The van der Waals surface area contributed by atoms with Gasteiger partial charge in [-0.15, -0.1) is 10.2 Å². The largest absolute Gasteiger partial charge is 0.478 e. The summed E-state index contributed by atoms with van der Waals surface area (Å²) >= 11 is 0. The highest BCUT2D eigenvalue weighted by Gasteiger charge is 2.31. The summed E-state index contributed by atoms with van der Waals surface area (Å²) in [6.07, 6.45) is 4.49. The molecule has 0 spiro atoms. The van der Waals surface area contributed by atoms with Crippen molar-refractivity contribution >= 4 is 10.0 Å². The molecule has 3 heterocycles. The second-order valence-corrected chi connectivity index (χ2v) is 7.68. The number of piperidine rings is 1. The van der Waals surface area contributed by atoms with Crippen molar-refractivity contribution in [3.63, 3.8) is 0 Å². The lowest BCUT2D eigenvalue weighted by Crippen LogP contribution is -2.38. The summed E-state index contributed by atoms with van der Waals surface area (Å²) in [5, 5.41) is 8.03. The molecule has 1 aliphatic heterocycles. The van der Waals surface area contributed by atoms with E-state index in [2.05, 4.69) is 15.2 Å². The van der Waals surface area contributed by atoms with Crippen molar-refractivity contribution in [1.29, 1.82) is 0 Å². The fraction of sp³-hybridized carbons (Fsp3) is 0.533. The SMILES string of the molecule is CCOc1ccc(S(=O)(=O)N2CCC(c3nncn3C)CC2)cn1. The maximum atomic E-state index is 12.7. The number of aryl methyl sites for hydroxylation is 1. The van der Waals surface area contributed by atoms with Crippen LogP contribution in [0.2, 0.25) is 0 Å². The Morgan fingerprint density at radius 1 is 1.29 bits per heavy atom. The highest BCUT2D eigenvalue weighted by atomic mass is 32.2. The van der Waals surface area contributed by atoms with Crippen LogP contribution >= 0.6 is 0 Å². The minimum absolute atomic E-state index is 0.197. The monoisotopic (exact) mass is 351 g/mol. The quantitative estimate of drug-likeness (QED) is 0.803. The second-order valence-electron chi connectivity index (χ2n) is 5.74. The van der Waals surface area contributed by atoms with Gasteiger partial charge < -0.3 is 9.30 Å². The average molecular weight is 351 g/mol. The first-order valence-corrected chi connectivity index (χ1v) is 9.39. The van der Waals surface area contributed by atoms with E-state index in [4.69, 9.17) is 4.74 Å². The molecule has 1 saturated heterocycles. The fourth-order valence-electron chi connectivity index (χ4n) is 2.92. The molecule has 8 nitrogen and oxygen atoms in total. The van der Waals surface area contributed by atoms with E-state index in [0.717, 1.165) is 18.7 Å². The first-order valence-electron chi connectivity index (χ1n) is 7.95. The molecule has 0 unspecified atom stereocenters. The van der Waals surface area contributed by atoms with E-state index in [-0.39, 0.29) is 10.8 Å². The Labute approximate surface area is 141 Å². The maximum Gasteiger partial charge on any atom is 0.244 e. The van der Waals surface area contributed by atoms with Gasteiger partial charge in [0.2, 0.25) is 15.9 Å². The normalized spacial score (nSPS) is 17.1. The molecule has 0 N–H and O–H groups in total. The van der Waals surface area contributed by atoms with Crippen molar-refractivity contribution in [3.05, 3.63) is 30.5 Å². The number of rotatable bonds is 5. The van der Waals surface area contributed by atoms with Gasteiger partial charge in [-0.1, -0.05) is 0 Å². The van der Waals surface area contributed by atoms with Crippen LogP contribution in [0, 0.1) is 0 Å². The van der Waals surface area contributed by atoms with E-state index in [1.807, 2.05) is 18.5 Å². The minimum atomic E-state index is -3.52. The van der Waals surface area contributed by atoms with Crippen LogP contribution in [0.5, 0.6) is 5.88 Å². The zero-order valence-corrected chi connectivity index (χ0v) is 14.6. The molecule has 2 aromatic heterocycles.